The molecule has 0 aliphatic heterocycles. The minimum absolute atomic E-state index is 0.539. The lowest BCUT2D eigenvalue weighted by atomic mass is 10.4. The van der Waals surface area contributed by atoms with Crippen molar-refractivity contribution in [1.29, 1.82) is 0 Å². The van der Waals surface area contributed by atoms with Crippen LogP contribution < -0.4 is 5.32 Å². The Hall–Kier alpha value is -2.28. The number of nitrogens with one attached hydrogen (secondary N) is 1. The summed E-state index contributed by atoms with van der Waals surface area (Å²) >= 11 is 1.60. The molecule has 0 bridgehead atoms. The third kappa shape index (κ3) is 1.95. The van der Waals surface area contributed by atoms with E-state index in [0.29, 0.717) is 17.7 Å². The molecule has 0 saturated carbocycles. The molecule has 3 aromatic heterocycles. The van der Waals surface area contributed by atoms with Crippen molar-refractivity contribution >= 4 is 17.3 Å². The van der Waals surface area contributed by atoms with Gasteiger partial charge >= 0.3 is 0 Å². The molecule has 0 aliphatic rings. The molecule has 0 aliphatic carbocycles. The van der Waals surface area contributed by atoms with Crippen LogP contribution in [0.1, 0.15) is 0 Å². The van der Waals surface area contributed by atoms with Crippen molar-refractivity contribution in [2.75, 3.05) is 12.4 Å². The van der Waals surface area contributed by atoms with Crippen molar-refractivity contribution in [2.45, 2.75) is 0 Å². The third-order valence-corrected chi connectivity index (χ3v) is 3.19. The Labute approximate surface area is 107 Å². The summed E-state index contributed by atoms with van der Waals surface area (Å²) in [7, 11) is 1.78. The molecule has 18 heavy (non-hydrogen) atoms. The molecule has 0 spiro atoms. The predicted octanol–water partition coefficient (Wildman–Crippen LogP) is 1.83. The molecule has 3 aromatic rings. The number of anilines is 1. The number of rotatable bonds is 3. The van der Waals surface area contributed by atoms with Gasteiger partial charge in [0.15, 0.2) is 5.82 Å². The Kier molecular flexibility index (Phi) is 2.73. The van der Waals surface area contributed by atoms with Crippen molar-refractivity contribution < 1.29 is 0 Å². The lowest BCUT2D eigenvalue weighted by Crippen LogP contribution is -2.06. The van der Waals surface area contributed by atoms with Crippen LogP contribution in [0.15, 0.2) is 36.2 Å². The van der Waals surface area contributed by atoms with Crippen molar-refractivity contribution in [3.05, 3.63) is 36.2 Å². The van der Waals surface area contributed by atoms with Crippen LogP contribution in [0.5, 0.6) is 0 Å². The zero-order valence-corrected chi connectivity index (χ0v) is 10.4. The molecule has 0 fully saturated rings. The molecule has 3 rings (SSSR count). The second kappa shape index (κ2) is 4.53. The average molecular weight is 258 g/mol. The van der Waals surface area contributed by atoms with Crippen LogP contribution in [0.2, 0.25) is 0 Å². The molecule has 7 heteroatoms. The Morgan fingerprint density at radius 3 is 2.89 bits per heavy atom. The van der Waals surface area contributed by atoms with Gasteiger partial charge in [-0.3, -0.25) is 4.57 Å². The van der Waals surface area contributed by atoms with E-state index >= 15 is 0 Å². The number of aromatic nitrogens is 5. The van der Waals surface area contributed by atoms with Crippen LogP contribution in [0.4, 0.5) is 5.95 Å². The first-order chi connectivity index (χ1) is 8.86. The highest BCUT2D eigenvalue weighted by Crippen LogP contribution is 2.22. The maximum absolute atomic E-state index is 4.44. The quantitative estimate of drug-likeness (QED) is 0.776. The fourth-order valence-corrected chi connectivity index (χ4v) is 2.14. The predicted molar refractivity (Wildman–Crippen MR) is 69.8 cm³/mol. The first-order valence-corrected chi connectivity index (χ1v) is 6.21. The zero-order chi connectivity index (χ0) is 12.4. The van der Waals surface area contributed by atoms with Crippen molar-refractivity contribution in [3.8, 4) is 16.6 Å². The minimum Gasteiger partial charge on any atom is -0.357 e. The largest absolute Gasteiger partial charge is 0.357 e. The lowest BCUT2D eigenvalue weighted by Gasteiger charge is -2.05. The van der Waals surface area contributed by atoms with E-state index in [2.05, 4.69) is 25.3 Å². The highest BCUT2D eigenvalue weighted by molar-refractivity contribution is 7.13. The maximum Gasteiger partial charge on any atom is 0.240 e. The van der Waals surface area contributed by atoms with E-state index in [4.69, 9.17) is 0 Å². The number of hydrogen-bond acceptors (Lipinski definition) is 6. The van der Waals surface area contributed by atoms with Gasteiger partial charge in [-0.25, -0.2) is 4.98 Å². The van der Waals surface area contributed by atoms with Crippen LogP contribution in [-0.2, 0) is 0 Å². The molecular weight excluding hydrogens is 248 g/mol. The Morgan fingerprint density at radius 1 is 1.28 bits per heavy atom. The SMILES string of the molecule is CNc1nc(-c2cccs2)nc(-n2ccnc2)n1. The Bertz CT molecular complexity index is 579. The zero-order valence-electron chi connectivity index (χ0n) is 9.61. The van der Waals surface area contributed by atoms with Crippen molar-refractivity contribution in [3.63, 3.8) is 0 Å². The van der Waals surface area contributed by atoms with E-state index in [1.807, 2.05) is 17.5 Å². The van der Waals surface area contributed by atoms with E-state index in [9.17, 15) is 0 Å². The lowest BCUT2D eigenvalue weighted by molar-refractivity contribution is 0.903. The smallest absolute Gasteiger partial charge is 0.240 e. The monoisotopic (exact) mass is 258 g/mol. The molecule has 0 amide bonds. The third-order valence-electron chi connectivity index (χ3n) is 2.32. The van der Waals surface area contributed by atoms with Gasteiger partial charge < -0.3 is 5.32 Å². The van der Waals surface area contributed by atoms with Gasteiger partial charge in [-0.05, 0) is 11.4 Å². The summed E-state index contributed by atoms with van der Waals surface area (Å²) in [5, 5.41) is 4.94. The fraction of sp³-hybridized carbons (Fsp3) is 0.0909. The summed E-state index contributed by atoms with van der Waals surface area (Å²) < 4.78 is 1.75. The van der Waals surface area contributed by atoms with E-state index < -0.39 is 0 Å². The highest BCUT2D eigenvalue weighted by Gasteiger charge is 2.09. The Morgan fingerprint density at radius 2 is 2.22 bits per heavy atom. The van der Waals surface area contributed by atoms with Gasteiger partial charge in [0.1, 0.15) is 6.33 Å². The fourth-order valence-electron chi connectivity index (χ4n) is 1.49. The first kappa shape index (κ1) is 10.8. The highest BCUT2D eigenvalue weighted by atomic mass is 32.1. The van der Waals surface area contributed by atoms with Crippen molar-refractivity contribution in [1.82, 2.24) is 24.5 Å². The van der Waals surface area contributed by atoms with E-state index in [1.165, 1.54) is 0 Å². The summed E-state index contributed by atoms with van der Waals surface area (Å²) in [5.41, 5.74) is 0. The van der Waals surface area contributed by atoms with Crippen LogP contribution in [-0.4, -0.2) is 31.6 Å². The minimum atomic E-state index is 0.539. The van der Waals surface area contributed by atoms with Gasteiger partial charge in [0.2, 0.25) is 11.9 Å². The molecule has 0 radical (unpaired) electrons. The molecule has 90 valence electrons. The van der Waals surface area contributed by atoms with E-state index in [1.54, 1.807) is 41.7 Å². The molecule has 0 aromatic carbocycles. The van der Waals surface area contributed by atoms with Gasteiger partial charge in [-0.15, -0.1) is 11.3 Å². The van der Waals surface area contributed by atoms with Gasteiger partial charge in [-0.2, -0.15) is 15.0 Å². The van der Waals surface area contributed by atoms with E-state index in [0.717, 1.165) is 4.88 Å². The van der Waals surface area contributed by atoms with Crippen LogP contribution in [0.25, 0.3) is 16.6 Å². The topological polar surface area (TPSA) is 68.5 Å². The summed E-state index contributed by atoms with van der Waals surface area (Å²) in [4.78, 5) is 18.1. The molecule has 3 heterocycles. The van der Waals surface area contributed by atoms with Gasteiger partial charge in [0.05, 0.1) is 4.88 Å². The molecule has 6 nitrogen and oxygen atoms in total. The molecule has 0 saturated heterocycles. The second-order valence-corrected chi connectivity index (χ2v) is 4.43. The van der Waals surface area contributed by atoms with Crippen molar-refractivity contribution in [2.24, 2.45) is 0 Å². The van der Waals surface area contributed by atoms with Gasteiger partial charge in [0, 0.05) is 19.4 Å². The molecule has 0 atom stereocenters. The van der Waals surface area contributed by atoms with Crippen LogP contribution in [0.3, 0.4) is 0 Å². The number of thiophene rings is 1. The Balaban J connectivity index is 2.13. The summed E-state index contributed by atoms with van der Waals surface area (Å²) in [6, 6.07) is 3.96. The summed E-state index contributed by atoms with van der Waals surface area (Å²) in [6.07, 6.45) is 5.15. The van der Waals surface area contributed by atoms with Crippen LogP contribution >= 0.6 is 11.3 Å². The molecule has 0 unspecified atom stereocenters. The normalized spacial score (nSPS) is 10.5. The average Bonchev–Trinajstić information content (AvgIpc) is 3.10. The van der Waals surface area contributed by atoms with E-state index in [-0.39, 0.29) is 0 Å². The maximum atomic E-state index is 4.44. The van der Waals surface area contributed by atoms with Gasteiger partial charge in [-0.1, -0.05) is 6.07 Å². The first-order valence-electron chi connectivity index (χ1n) is 5.33. The number of hydrogen-bond donors (Lipinski definition) is 1. The molecular formula is C11H10N6S. The van der Waals surface area contributed by atoms with Crippen LogP contribution in [0, 0.1) is 0 Å². The number of imidazole rings is 1. The van der Waals surface area contributed by atoms with Gasteiger partial charge in [0.25, 0.3) is 0 Å². The number of nitrogens with zero attached hydrogens (tertiary/aromatic N) is 5. The standard InChI is InChI=1S/C11H10N6S/c1-12-10-14-9(8-3-2-6-18-8)15-11(16-10)17-5-4-13-7-17/h2-7H,1H3,(H,12,14,15,16). The summed E-state index contributed by atoms with van der Waals surface area (Å²) in [6.45, 7) is 0. The summed E-state index contributed by atoms with van der Waals surface area (Å²) in [5.74, 6) is 1.75. The second-order valence-electron chi connectivity index (χ2n) is 3.48. The molecule has 1 N–H and O–H groups in total.